The van der Waals surface area contributed by atoms with Crippen LogP contribution in [0.2, 0.25) is 0 Å². The fraction of sp³-hybridized carbons (Fsp3) is 0.333. The Morgan fingerprint density at radius 3 is 2.44 bits per heavy atom. The van der Waals surface area contributed by atoms with E-state index in [0.717, 1.165) is 23.6 Å². The number of benzene rings is 1. The standard InChI is InChI=1S/C15H19F2N5O2S/c1-10-8-14(22(2)3)21-15(20-10)18-6-7-19-25(23,24)11-4-5-12(16)13(17)9-11/h4-5,8-9,19H,6-7H2,1-3H3,(H,18,20,21). The number of anilines is 2. The van der Waals surface area contributed by atoms with Crippen LogP contribution in [0.15, 0.2) is 29.2 Å². The minimum absolute atomic E-state index is 0.0237. The molecule has 2 aromatic rings. The van der Waals surface area contributed by atoms with Gasteiger partial charge in [0, 0.05) is 38.9 Å². The third kappa shape index (κ3) is 5.07. The van der Waals surface area contributed by atoms with E-state index in [9.17, 15) is 17.2 Å². The Labute approximate surface area is 145 Å². The smallest absolute Gasteiger partial charge is 0.240 e. The molecule has 0 atom stereocenters. The number of aryl methyl sites for hydroxylation is 1. The van der Waals surface area contributed by atoms with E-state index in [2.05, 4.69) is 20.0 Å². The summed E-state index contributed by atoms with van der Waals surface area (Å²) in [5.41, 5.74) is 0.767. The van der Waals surface area contributed by atoms with Crippen LogP contribution in [0.5, 0.6) is 0 Å². The van der Waals surface area contributed by atoms with Crippen molar-refractivity contribution in [1.82, 2.24) is 14.7 Å². The van der Waals surface area contributed by atoms with E-state index in [1.807, 2.05) is 32.0 Å². The summed E-state index contributed by atoms with van der Waals surface area (Å²) in [5, 5.41) is 2.92. The molecule has 0 aliphatic carbocycles. The summed E-state index contributed by atoms with van der Waals surface area (Å²) < 4.78 is 52.4. The first-order chi connectivity index (χ1) is 11.7. The van der Waals surface area contributed by atoms with E-state index in [4.69, 9.17) is 0 Å². The average Bonchev–Trinajstić information content (AvgIpc) is 2.53. The van der Waals surface area contributed by atoms with E-state index in [-0.39, 0.29) is 18.0 Å². The summed E-state index contributed by atoms with van der Waals surface area (Å²) in [6.45, 7) is 2.07. The lowest BCUT2D eigenvalue weighted by molar-refractivity contribution is 0.504. The van der Waals surface area contributed by atoms with Gasteiger partial charge in [-0.05, 0) is 25.1 Å². The number of halogens is 2. The van der Waals surface area contributed by atoms with E-state index in [1.165, 1.54) is 0 Å². The first-order valence-electron chi connectivity index (χ1n) is 7.40. The number of rotatable bonds is 7. The summed E-state index contributed by atoms with van der Waals surface area (Å²) in [4.78, 5) is 9.98. The quantitative estimate of drug-likeness (QED) is 0.718. The van der Waals surface area contributed by atoms with E-state index in [1.54, 1.807) is 0 Å². The number of hydrogen-bond acceptors (Lipinski definition) is 6. The molecule has 7 nitrogen and oxygen atoms in total. The lowest BCUT2D eigenvalue weighted by Crippen LogP contribution is -2.29. The molecule has 0 saturated carbocycles. The average molecular weight is 371 g/mol. The zero-order valence-corrected chi connectivity index (χ0v) is 14.9. The molecule has 0 bridgehead atoms. The second kappa shape index (κ2) is 7.70. The molecule has 0 amide bonds. The van der Waals surface area contributed by atoms with Crippen LogP contribution >= 0.6 is 0 Å². The van der Waals surface area contributed by atoms with Crippen LogP contribution in [-0.4, -0.2) is 45.6 Å². The van der Waals surface area contributed by atoms with E-state index < -0.39 is 21.7 Å². The molecule has 1 aromatic heterocycles. The van der Waals surface area contributed by atoms with Gasteiger partial charge < -0.3 is 10.2 Å². The van der Waals surface area contributed by atoms with Crippen molar-refractivity contribution in [3.63, 3.8) is 0 Å². The topological polar surface area (TPSA) is 87.2 Å². The minimum Gasteiger partial charge on any atom is -0.363 e. The van der Waals surface area contributed by atoms with Gasteiger partial charge in [-0.25, -0.2) is 26.9 Å². The molecular weight excluding hydrogens is 352 g/mol. The summed E-state index contributed by atoms with van der Waals surface area (Å²) in [5.74, 6) is -1.23. The maximum absolute atomic E-state index is 13.2. The van der Waals surface area contributed by atoms with Gasteiger partial charge in [-0.3, -0.25) is 0 Å². The van der Waals surface area contributed by atoms with Crippen LogP contribution in [0.3, 0.4) is 0 Å². The lowest BCUT2D eigenvalue weighted by Gasteiger charge is -2.14. The molecule has 1 heterocycles. The number of sulfonamides is 1. The van der Waals surface area contributed by atoms with Gasteiger partial charge in [0.25, 0.3) is 0 Å². The van der Waals surface area contributed by atoms with E-state index >= 15 is 0 Å². The number of aromatic nitrogens is 2. The Morgan fingerprint density at radius 2 is 1.80 bits per heavy atom. The van der Waals surface area contributed by atoms with Crippen molar-refractivity contribution in [2.45, 2.75) is 11.8 Å². The predicted molar refractivity (Wildman–Crippen MR) is 91.1 cm³/mol. The Morgan fingerprint density at radius 1 is 1.08 bits per heavy atom. The molecule has 0 aliphatic heterocycles. The molecule has 10 heteroatoms. The second-order valence-electron chi connectivity index (χ2n) is 5.49. The zero-order chi connectivity index (χ0) is 18.6. The van der Waals surface area contributed by atoms with Crippen LogP contribution in [0.1, 0.15) is 5.69 Å². The Balaban J connectivity index is 1.95. The molecule has 136 valence electrons. The summed E-state index contributed by atoms with van der Waals surface area (Å²) in [6, 6.07) is 4.22. The monoisotopic (exact) mass is 371 g/mol. The van der Waals surface area contributed by atoms with Gasteiger partial charge >= 0.3 is 0 Å². The summed E-state index contributed by atoms with van der Waals surface area (Å²) in [6.07, 6.45) is 0. The first-order valence-corrected chi connectivity index (χ1v) is 8.89. The Kier molecular flexibility index (Phi) is 5.85. The Bertz CT molecular complexity index is 859. The molecular formula is C15H19F2N5O2S. The van der Waals surface area contributed by atoms with Crippen LogP contribution in [0.25, 0.3) is 0 Å². The minimum atomic E-state index is -3.93. The Hall–Kier alpha value is -2.33. The van der Waals surface area contributed by atoms with Crippen LogP contribution in [-0.2, 0) is 10.0 Å². The highest BCUT2D eigenvalue weighted by Crippen LogP contribution is 2.14. The molecule has 0 unspecified atom stereocenters. The molecule has 0 fully saturated rings. The maximum Gasteiger partial charge on any atom is 0.240 e. The molecule has 0 radical (unpaired) electrons. The SMILES string of the molecule is Cc1cc(N(C)C)nc(NCCNS(=O)(=O)c2ccc(F)c(F)c2)n1. The van der Waals surface area contributed by atoms with Gasteiger partial charge in [0.1, 0.15) is 5.82 Å². The van der Waals surface area contributed by atoms with Gasteiger partial charge in [0.2, 0.25) is 16.0 Å². The molecule has 1 aromatic carbocycles. The van der Waals surface area contributed by atoms with E-state index in [0.29, 0.717) is 12.0 Å². The largest absolute Gasteiger partial charge is 0.363 e. The second-order valence-corrected chi connectivity index (χ2v) is 7.25. The molecule has 2 rings (SSSR count). The van der Waals surface area contributed by atoms with Crippen molar-refractivity contribution in [2.24, 2.45) is 0 Å². The molecule has 25 heavy (non-hydrogen) atoms. The molecule has 0 saturated heterocycles. The van der Waals surface area contributed by atoms with Crippen molar-refractivity contribution in [3.8, 4) is 0 Å². The highest BCUT2D eigenvalue weighted by Gasteiger charge is 2.16. The maximum atomic E-state index is 13.2. The van der Waals surface area contributed by atoms with Crippen molar-refractivity contribution in [2.75, 3.05) is 37.4 Å². The fourth-order valence-corrected chi connectivity index (χ4v) is 2.99. The van der Waals surface area contributed by atoms with Crippen molar-refractivity contribution in [1.29, 1.82) is 0 Å². The van der Waals surface area contributed by atoms with Gasteiger partial charge in [0.15, 0.2) is 11.6 Å². The summed E-state index contributed by atoms with van der Waals surface area (Å²) >= 11 is 0. The molecule has 2 N–H and O–H groups in total. The predicted octanol–water partition coefficient (Wildman–Crippen LogP) is 1.52. The summed E-state index contributed by atoms with van der Waals surface area (Å²) in [7, 11) is -0.232. The first kappa shape index (κ1) is 19.0. The van der Waals surface area contributed by atoms with Crippen molar-refractivity contribution < 1.29 is 17.2 Å². The zero-order valence-electron chi connectivity index (χ0n) is 14.0. The van der Waals surface area contributed by atoms with Crippen molar-refractivity contribution in [3.05, 3.63) is 41.6 Å². The van der Waals surface area contributed by atoms with Gasteiger partial charge in [0.05, 0.1) is 4.90 Å². The van der Waals surface area contributed by atoms with Crippen LogP contribution in [0, 0.1) is 18.6 Å². The fourth-order valence-electron chi connectivity index (χ4n) is 1.95. The van der Waals surface area contributed by atoms with Gasteiger partial charge in [-0.15, -0.1) is 0 Å². The number of nitrogens with zero attached hydrogens (tertiary/aromatic N) is 3. The van der Waals surface area contributed by atoms with Gasteiger partial charge in [-0.1, -0.05) is 0 Å². The van der Waals surface area contributed by atoms with Crippen LogP contribution < -0.4 is 14.9 Å². The normalized spacial score (nSPS) is 11.4. The van der Waals surface area contributed by atoms with Crippen LogP contribution in [0.4, 0.5) is 20.5 Å². The number of hydrogen-bond donors (Lipinski definition) is 2. The molecule has 0 spiro atoms. The van der Waals surface area contributed by atoms with Crippen molar-refractivity contribution >= 4 is 21.8 Å². The lowest BCUT2D eigenvalue weighted by atomic mass is 10.3. The van der Waals surface area contributed by atoms with Gasteiger partial charge in [-0.2, -0.15) is 4.98 Å². The highest BCUT2D eigenvalue weighted by atomic mass is 32.2. The third-order valence-electron chi connectivity index (χ3n) is 3.20. The highest BCUT2D eigenvalue weighted by molar-refractivity contribution is 7.89. The number of nitrogens with one attached hydrogen (secondary N) is 2. The molecule has 0 aliphatic rings. The third-order valence-corrected chi connectivity index (χ3v) is 4.66.